The zero-order valence-electron chi connectivity index (χ0n) is 17.7. The minimum Gasteiger partial charge on any atom is -0.488 e. The highest BCUT2D eigenvalue weighted by Gasteiger charge is 2.34. The second kappa shape index (κ2) is 9.35. The van der Waals surface area contributed by atoms with Gasteiger partial charge >= 0.3 is 0 Å². The van der Waals surface area contributed by atoms with Crippen molar-refractivity contribution in [3.63, 3.8) is 0 Å². The van der Waals surface area contributed by atoms with Crippen molar-refractivity contribution in [2.45, 2.75) is 55.0 Å². The van der Waals surface area contributed by atoms with Crippen molar-refractivity contribution in [2.24, 2.45) is 0 Å². The van der Waals surface area contributed by atoms with E-state index in [1.165, 1.54) is 17.6 Å². The normalized spacial score (nSPS) is 19.7. The van der Waals surface area contributed by atoms with Gasteiger partial charge in [-0.05, 0) is 42.7 Å². The molecule has 3 heterocycles. The quantitative estimate of drug-likeness (QED) is 0.471. The van der Waals surface area contributed by atoms with Crippen molar-refractivity contribution in [1.82, 2.24) is 9.46 Å². The molecule has 0 bridgehead atoms. The van der Waals surface area contributed by atoms with E-state index in [2.05, 4.69) is 5.16 Å². The fourth-order valence-corrected chi connectivity index (χ4v) is 7.38. The maximum Gasteiger partial charge on any atom is 0.253 e. The van der Waals surface area contributed by atoms with Crippen LogP contribution in [-0.2, 0) is 21.3 Å². The molecule has 3 aromatic rings. The second-order valence-electron chi connectivity index (χ2n) is 8.24. The Kier molecular flexibility index (Phi) is 6.32. The first kappa shape index (κ1) is 21.6. The smallest absolute Gasteiger partial charge is 0.253 e. The van der Waals surface area contributed by atoms with Crippen LogP contribution < -0.4 is 4.74 Å². The number of benzene rings is 1. The van der Waals surface area contributed by atoms with E-state index in [0.29, 0.717) is 23.1 Å². The molecule has 2 fully saturated rings. The van der Waals surface area contributed by atoms with Gasteiger partial charge < -0.3 is 14.0 Å². The highest BCUT2D eigenvalue weighted by atomic mass is 32.2. The maximum atomic E-state index is 13.7. The van der Waals surface area contributed by atoms with E-state index in [0.717, 1.165) is 54.9 Å². The summed E-state index contributed by atoms with van der Waals surface area (Å²) < 4.78 is 45.5. The first-order chi connectivity index (χ1) is 15.6. The lowest BCUT2D eigenvalue weighted by Crippen LogP contribution is -2.37. The predicted octanol–water partition coefficient (Wildman–Crippen LogP) is 4.70. The number of rotatable bonds is 8. The van der Waals surface area contributed by atoms with Crippen LogP contribution >= 0.6 is 11.3 Å². The number of nitrogens with zero attached hydrogens (tertiary/aromatic N) is 2. The van der Waals surface area contributed by atoms with E-state index in [1.54, 1.807) is 22.5 Å². The topological polar surface area (TPSA) is 81.9 Å². The Morgan fingerprint density at radius 3 is 2.56 bits per heavy atom. The van der Waals surface area contributed by atoms with Crippen LogP contribution in [-0.4, -0.2) is 43.2 Å². The molecule has 1 saturated carbocycles. The molecule has 1 aliphatic carbocycles. The van der Waals surface area contributed by atoms with Gasteiger partial charge in [0.05, 0.1) is 18.1 Å². The first-order valence-electron chi connectivity index (χ1n) is 11.0. The van der Waals surface area contributed by atoms with Crippen LogP contribution in [0.15, 0.2) is 57.5 Å². The molecule has 9 heteroatoms. The third-order valence-electron chi connectivity index (χ3n) is 6.02. The number of hydrogen-bond donors (Lipinski definition) is 0. The molecule has 5 rings (SSSR count). The second-order valence-corrected chi connectivity index (χ2v) is 11.4. The van der Waals surface area contributed by atoms with Gasteiger partial charge in [-0.3, -0.25) is 0 Å². The van der Waals surface area contributed by atoms with Gasteiger partial charge in [-0.25, -0.2) is 8.42 Å². The van der Waals surface area contributed by atoms with Gasteiger partial charge in [0.15, 0.2) is 0 Å². The lowest BCUT2D eigenvalue weighted by Gasteiger charge is -2.27. The zero-order chi connectivity index (χ0) is 22.0. The van der Waals surface area contributed by atoms with E-state index in [1.807, 2.05) is 24.3 Å². The molecule has 2 aliphatic rings. The Bertz CT molecular complexity index is 1110. The standard InChI is InChI=1S/C23H26N2O5S2/c26-32(27,23-10-9-22(31-23)21-12-14-29-24-21)25(18-3-1-2-4-18)15-17-5-7-19(8-6-17)30-20-11-13-28-16-20/h5-10,12,14,18,20H,1-4,11,13,15-16H2/t20-/m0/s1. The summed E-state index contributed by atoms with van der Waals surface area (Å²) in [7, 11) is -3.64. The summed E-state index contributed by atoms with van der Waals surface area (Å²) in [5.41, 5.74) is 1.59. The van der Waals surface area contributed by atoms with Crippen molar-refractivity contribution >= 4 is 21.4 Å². The van der Waals surface area contributed by atoms with Crippen molar-refractivity contribution in [3.05, 3.63) is 54.3 Å². The van der Waals surface area contributed by atoms with E-state index in [-0.39, 0.29) is 12.1 Å². The third kappa shape index (κ3) is 4.61. The molecular weight excluding hydrogens is 448 g/mol. The van der Waals surface area contributed by atoms with Crippen LogP contribution in [0.5, 0.6) is 5.75 Å². The lowest BCUT2D eigenvalue weighted by atomic mass is 10.2. The summed E-state index contributed by atoms with van der Waals surface area (Å²) >= 11 is 1.23. The highest BCUT2D eigenvalue weighted by molar-refractivity contribution is 7.91. The average Bonchev–Trinajstić information content (AvgIpc) is 3.60. The Morgan fingerprint density at radius 2 is 1.88 bits per heavy atom. The molecule has 1 saturated heterocycles. The van der Waals surface area contributed by atoms with Gasteiger partial charge in [0.1, 0.15) is 28.0 Å². The molecule has 1 atom stereocenters. The average molecular weight is 475 g/mol. The predicted molar refractivity (Wildman–Crippen MR) is 121 cm³/mol. The van der Waals surface area contributed by atoms with Gasteiger partial charge in [-0.15, -0.1) is 11.3 Å². The lowest BCUT2D eigenvalue weighted by molar-refractivity contribution is 0.141. The van der Waals surface area contributed by atoms with Crippen LogP contribution in [0.4, 0.5) is 0 Å². The molecule has 1 aromatic carbocycles. The Morgan fingerprint density at radius 1 is 1.06 bits per heavy atom. The minimum absolute atomic E-state index is 0.0177. The SMILES string of the molecule is O=S(=O)(c1ccc(-c2ccon2)s1)N(Cc1ccc(O[C@H]2CCOC2)cc1)C1CCCC1. The number of aromatic nitrogens is 1. The third-order valence-corrected chi connectivity index (χ3v) is 9.49. The summed E-state index contributed by atoms with van der Waals surface area (Å²) in [4.78, 5) is 0.779. The summed E-state index contributed by atoms with van der Waals surface area (Å²) in [6.45, 7) is 1.70. The van der Waals surface area contributed by atoms with Crippen LogP contribution in [0, 0.1) is 0 Å². The first-order valence-corrected chi connectivity index (χ1v) is 13.2. The zero-order valence-corrected chi connectivity index (χ0v) is 19.3. The Labute approximate surface area is 192 Å². The molecule has 0 spiro atoms. The molecule has 0 N–H and O–H groups in total. The van der Waals surface area contributed by atoms with Crippen molar-refractivity contribution in [2.75, 3.05) is 13.2 Å². The molecular formula is C23H26N2O5S2. The molecule has 1 aliphatic heterocycles. The van der Waals surface area contributed by atoms with Crippen LogP contribution in [0.1, 0.15) is 37.7 Å². The van der Waals surface area contributed by atoms with Crippen molar-refractivity contribution < 1.29 is 22.4 Å². The largest absolute Gasteiger partial charge is 0.488 e. The van der Waals surface area contributed by atoms with Crippen molar-refractivity contribution in [3.8, 4) is 16.3 Å². The van der Waals surface area contributed by atoms with Gasteiger partial charge in [-0.2, -0.15) is 4.31 Å². The number of ether oxygens (including phenoxy) is 2. The van der Waals surface area contributed by atoms with Crippen LogP contribution in [0.3, 0.4) is 0 Å². The summed E-state index contributed by atoms with van der Waals surface area (Å²) in [6, 6.07) is 13.0. The van der Waals surface area contributed by atoms with Crippen LogP contribution in [0.25, 0.3) is 10.6 Å². The van der Waals surface area contributed by atoms with Crippen molar-refractivity contribution in [1.29, 1.82) is 0 Å². The number of hydrogen-bond acceptors (Lipinski definition) is 7. The Balaban J connectivity index is 1.36. The number of sulfonamides is 1. The fraction of sp³-hybridized carbons (Fsp3) is 0.435. The molecule has 0 amide bonds. The molecule has 170 valence electrons. The van der Waals surface area contributed by atoms with Crippen LogP contribution in [0.2, 0.25) is 0 Å². The molecule has 32 heavy (non-hydrogen) atoms. The van der Waals surface area contributed by atoms with Gasteiger partial charge in [-0.1, -0.05) is 30.1 Å². The highest BCUT2D eigenvalue weighted by Crippen LogP contribution is 2.35. The summed E-state index contributed by atoms with van der Waals surface area (Å²) in [5, 5.41) is 3.92. The van der Waals surface area contributed by atoms with E-state index >= 15 is 0 Å². The van der Waals surface area contributed by atoms with Gasteiger partial charge in [0, 0.05) is 25.1 Å². The number of thiophene rings is 1. The summed E-state index contributed by atoms with van der Waals surface area (Å²) in [5.74, 6) is 0.787. The Hall–Kier alpha value is -2.20. The maximum absolute atomic E-state index is 13.7. The molecule has 0 radical (unpaired) electrons. The monoisotopic (exact) mass is 474 g/mol. The minimum atomic E-state index is -3.64. The van der Waals surface area contributed by atoms with E-state index < -0.39 is 10.0 Å². The molecule has 7 nitrogen and oxygen atoms in total. The fourth-order valence-electron chi connectivity index (χ4n) is 4.31. The van der Waals surface area contributed by atoms with E-state index in [9.17, 15) is 8.42 Å². The summed E-state index contributed by atoms with van der Waals surface area (Å²) in [6.07, 6.45) is 6.37. The van der Waals surface area contributed by atoms with E-state index in [4.69, 9.17) is 14.0 Å². The van der Waals surface area contributed by atoms with Gasteiger partial charge in [0.2, 0.25) is 0 Å². The molecule has 2 aromatic heterocycles. The molecule has 0 unspecified atom stereocenters. The van der Waals surface area contributed by atoms with Gasteiger partial charge in [0.25, 0.3) is 10.0 Å².